The van der Waals surface area contributed by atoms with Crippen molar-refractivity contribution >= 4 is 50.5 Å². The van der Waals surface area contributed by atoms with E-state index >= 15 is 0 Å². The predicted octanol–water partition coefficient (Wildman–Crippen LogP) is 5.35. The predicted molar refractivity (Wildman–Crippen MR) is 113 cm³/mol. The van der Waals surface area contributed by atoms with Gasteiger partial charge in [0.15, 0.2) is 0 Å². The Labute approximate surface area is 173 Å². The monoisotopic (exact) mass is 434 g/mol. The van der Waals surface area contributed by atoms with E-state index in [9.17, 15) is 13.2 Å². The lowest BCUT2D eigenvalue weighted by Gasteiger charge is -2.12. The highest BCUT2D eigenvalue weighted by Gasteiger charge is 2.17. The van der Waals surface area contributed by atoms with E-state index in [1.807, 2.05) is 6.92 Å². The molecular formula is C20H16Cl2N2O3S. The second-order valence-corrected chi connectivity index (χ2v) is 8.55. The molecule has 3 aromatic rings. The lowest BCUT2D eigenvalue weighted by molar-refractivity contribution is 0.102. The van der Waals surface area contributed by atoms with Gasteiger partial charge in [-0.3, -0.25) is 9.52 Å². The molecule has 144 valence electrons. The topological polar surface area (TPSA) is 75.3 Å². The van der Waals surface area contributed by atoms with E-state index in [2.05, 4.69) is 10.0 Å². The van der Waals surface area contributed by atoms with Crippen LogP contribution in [-0.2, 0) is 10.0 Å². The van der Waals surface area contributed by atoms with Gasteiger partial charge in [-0.15, -0.1) is 0 Å². The van der Waals surface area contributed by atoms with Crippen LogP contribution in [0.1, 0.15) is 15.9 Å². The van der Waals surface area contributed by atoms with Crippen LogP contribution in [0.4, 0.5) is 11.4 Å². The molecule has 8 heteroatoms. The Hall–Kier alpha value is -2.54. The second-order valence-electron chi connectivity index (χ2n) is 6.03. The largest absolute Gasteiger partial charge is 0.322 e. The molecule has 0 radical (unpaired) electrons. The van der Waals surface area contributed by atoms with Gasteiger partial charge in [0.2, 0.25) is 0 Å². The molecule has 0 atom stereocenters. The van der Waals surface area contributed by atoms with Crippen LogP contribution in [0, 0.1) is 6.92 Å². The molecule has 0 aliphatic heterocycles. The number of rotatable bonds is 5. The molecule has 3 aromatic carbocycles. The standard InChI is InChI=1S/C20H16Cl2N2O3S/c1-13-7-8-14(21)11-19(13)23-20(25)17-12-15(9-10-18(17)22)24-28(26,27)16-5-3-2-4-6-16/h2-12,24H,1H3,(H,23,25). The Morgan fingerprint density at radius 1 is 0.929 bits per heavy atom. The molecule has 0 aliphatic rings. The first-order chi connectivity index (χ1) is 13.3. The molecule has 2 N–H and O–H groups in total. The molecule has 28 heavy (non-hydrogen) atoms. The average molecular weight is 435 g/mol. The maximum Gasteiger partial charge on any atom is 0.261 e. The Morgan fingerprint density at radius 3 is 2.36 bits per heavy atom. The first-order valence-corrected chi connectivity index (χ1v) is 10.4. The van der Waals surface area contributed by atoms with Gasteiger partial charge in [-0.2, -0.15) is 0 Å². The molecule has 0 fully saturated rings. The van der Waals surface area contributed by atoms with Crippen LogP contribution in [-0.4, -0.2) is 14.3 Å². The van der Waals surface area contributed by atoms with Gasteiger partial charge in [0, 0.05) is 16.4 Å². The van der Waals surface area contributed by atoms with Crippen LogP contribution in [0.5, 0.6) is 0 Å². The summed E-state index contributed by atoms with van der Waals surface area (Å²) < 4.78 is 27.4. The van der Waals surface area contributed by atoms with Crippen LogP contribution < -0.4 is 10.0 Å². The Morgan fingerprint density at radius 2 is 1.64 bits per heavy atom. The summed E-state index contributed by atoms with van der Waals surface area (Å²) in [6.45, 7) is 1.83. The number of carbonyl (C=O) groups excluding carboxylic acids is 1. The van der Waals surface area contributed by atoms with Gasteiger partial charge >= 0.3 is 0 Å². The van der Waals surface area contributed by atoms with E-state index in [0.717, 1.165) is 5.56 Å². The summed E-state index contributed by atoms with van der Waals surface area (Å²) in [5.74, 6) is -0.476. The summed E-state index contributed by atoms with van der Waals surface area (Å²) in [4.78, 5) is 12.8. The van der Waals surface area contributed by atoms with Gasteiger partial charge in [-0.05, 0) is 55.0 Å². The summed E-state index contributed by atoms with van der Waals surface area (Å²) in [6.07, 6.45) is 0. The Balaban J connectivity index is 1.87. The van der Waals surface area contributed by atoms with E-state index in [1.54, 1.807) is 36.4 Å². The third kappa shape index (κ3) is 4.65. The van der Waals surface area contributed by atoms with Crippen molar-refractivity contribution in [3.8, 4) is 0 Å². The number of carbonyl (C=O) groups is 1. The highest BCUT2D eigenvalue weighted by molar-refractivity contribution is 7.92. The van der Waals surface area contributed by atoms with Crippen molar-refractivity contribution in [2.24, 2.45) is 0 Å². The number of aryl methyl sites for hydroxylation is 1. The number of anilines is 2. The van der Waals surface area contributed by atoms with E-state index in [0.29, 0.717) is 10.7 Å². The normalized spacial score (nSPS) is 11.1. The SMILES string of the molecule is Cc1ccc(Cl)cc1NC(=O)c1cc(NS(=O)(=O)c2ccccc2)ccc1Cl. The van der Waals surface area contributed by atoms with Crippen molar-refractivity contribution in [1.82, 2.24) is 0 Å². The van der Waals surface area contributed by atoms with Crippen molar-refractivity contribution in [2.75, 3.05) is 10.0 Å². The summed E-state index contributed by atoms with van der Waals surface area (Å²) >= 11 is 12.1. The molecule has 5 nitrogen and oxygen atoms in total. The number of amides is 1. The second kappa shape index (κ2) is 8.22. The van der Waals surface area contributed by atoms with Crippen LogP contribution in [0.25, 0.3) is 0 Å². The first-order valence-electron chi connectivity index (χ1n) is 8.21. The zero-order valence-corrected chi connectivity index (χ0v) is 17.1. The molecule has 1 amide bonds. The number of benzene rings is 3. The molecule has 0 spiro atoms. The Kier molecular flexibility index (Phi) is 5.93. The molecule has 0 saturated carbocycles. The molecule has 0 aromatic heterocycles. The average Bonchev–Trinajstić information content (AvgIpc) is 2.66. The van der Waals surface area contributed by atoms with Gasteiger partial charge in [0.05, 0.1) is 15.5 Å². The van der Waals surface area contributed by atoms with Crippen LogP contribution >= 0.6 is 23.2 Å². The van der Waals surface area contributed by atoms with E-state index in [-0.39, 0.29) is 21.2 Å². The lowest BCUT2D eigenvalue weighted by atomic mass is 10.1. The molecule has 0 saturated heterocycles. The summed E-state index contributed by atoms with van der Waals surface area (Å²) in [5.41, 5.74) is 1.73. The Bertz CT molecular complexity index is 1130. The fraction of sp³-hybridized carbons (Fsp3) is 0.0500. The first kappa shape index (κ1) is 20.2. The highest BCUT2D eigenvalue weighted by Crippen LogP contribution is 2.26. The van der Waals surface area contributed by atoms with Crippen molar-refractivity contribution < 1.29 is 13.2 Å². The fourth-order valence-corrected chi connectivity index (χ4v) is 3.94. The minimum absolute atomic E-state index is 0.116. The van der Waals surface area contributed by atoms with Crippen LogP contribution in [0.3, 0.4) is 0 Å². The zero-order valence-electron chi connectivity index (χ0n) is 14.7. The van der Waals surface area contributed by atoms with Crippen LogP contribution in [0.2, 0.25) is 10.0 Å². The number of hydrogen-bond donors (Lipinski definition) is 2. The minimum Gasteiger partial charge on any atom is -0.322 e. The third-order valence-corrected chi connectivity index (χ3v) is 5.93. The van der Waals surface area contributed by atoms with Gasteiger partial charge in [0.25, 0.3) is 15.9 Å². The smallest absolute Gasteiger partial charge is 0.261 e. The van der Waals surface area contributed by atoms with Crippen molar-refractivity contribution in [3.05, 3.63) is 87.9 Å². The maximum atomic E-state index is 12.7. The third-order valence-electron chi connectivity index (χ3n) is 3.96. The van der Waals surface area contributed by atoms with Gasteiger partial charge in [0.1, 0.15) is 0 Å². The summed E-state index contributed by atoms with van der Waals surface area (Å²) in [5, 5.41) is 3.42. The highest BCUT2D eigenvalue weighted by atomic mass is 35.5. The number of nitrogens with one attached hydrogen (secondary N) is 2. The van der Waals surface area contributed by atoms with E-state index in [4.69, 9.17) is 23.2 Å². The maximum absolute atomic E-state index is 12.7. The molecule has 0 heterocycles. The summed E-state index contributed by atoms with van der Waals surface area (Å²) in [6, 6.07) is 17.4. The number of hydrogen-bond acceptors (Lipinski definition) is 3. The van der Waals surface area contributed by atoms with Crippen molar-refractivity contribution in [1.29, 1.82) is 0 Å². The van der Waals surface area contributed by atoms with E-state index < -0.39 is 15.9 Å². The van der Waals surface area contributed by atoms with Crippen molar-refractivity contribution in [3.63, 3.8) is 0 Å². The van der Waals surface area contributed by atoms with Crippen molar-refractivity contribution in [2.45, 2.75) is 11.8 Å². The van der Waals surface area contributed by atoms with Gasteiger partial charge in [-0.25, -0.2) is 8.42 Å². The van der Waals surface area contributed by atoms with Gasteiger partial charge < -0.3 is 5.32 Å². The fourth-order valence-electron chi connectivity index (χ4n) is 2.50. The minimum atomic E-state index is -3.78. The van der Waals surface area contributed by atoms with E-state index in [1.165, 1.54) is 30.3 Å². The lowest BCUT2D eigenvalue weighted by Crippen LogP contribution is -2.16. The zero-order chi connectivity index (χ0) is 20.3. The van der Waals surface area contributed by atoms with Crippen LogP contribution in [0.15, 0.2) is 71.6 Å². The molecule has 0 unspecified atom stereocenters. The van der Waals surface area contributed by atoms with Gasteiger partial charge in [-0.1, -0.05) is 47.5 Å². The molecule has 0 aliphatic carbocycles. The quantitative estimate of drug-likeness (QED) is 0.567. The number of halogens is 2. The molecular weight excluding hydrogens is 419 g/mol. The molecule has 0 bridgehead atoms. The molecule has 3 rings (SSSR count). The number of sulfonamides is 1. The summed E-state index contributed by atoms with van der Waals surface area (Å²) in [7, 11) is -3.78.